The summed E-state index contributed by atoms with van der Waals surface area (Å²) in [7, 11) is 1.21. The van der Waals surface area contributed by atoms with Gasteiger partial charge >= 0.3 is 5.97 Å². The van der Waals surface area contributed by atoms with E-state index in [4.69, 9.17) is 4.74 Å². The van der Waals surface area contributed by atoms with Gasteiger partial charge < -0.3 is 10.1 Å². The lowest BCUT2D eigenvalue weighted by atomic mass is 10.0. The number of ether oxygens (including phenoxy) is 1. The fourth-order valence-corrected chi connectivity index (χ4v) is 2.32. The van der Waals surface area contributed by atoms with E-state index in [1.54, 1.807) is 0 Å². The Hall–Kier alpha value is -2.76. The summed E-state index contributed by atoms with van der Waals surface area (Å²) in [4.78, 5) is 24.1. The van der Waals surface area contributed by atoms with Gasteiger partial charge in [0.1, 0.15) is 17.7 Å². The van der Waals surface area contributed by atoms with Crippen molar-refractivity contribution in [3.8, 4) is 0 Å². The van der Waals surface area contributed by atoms with Crippen molar-refractivity contribution < 1.29 is 23.1 Å². The molecule has 0 unspecified atom stereocenters. The van der Waals surface area contributed by atoms with Crippen LogP contribution in [0.1, 0.15) is 21.5 Å². The molecular weight excluding hydrogens is 316 g/mol. The number of rotatable bonds is 5. The van der Waals surface area contributed by atoms with Crippen LogP contribution in [0.3, 0.4) is 0 Å². The minimum atomic E-state index is -0.963. The molecule has 0 aliphatic carbocycles. The number of hydrogen-bond acceptors (Lipinski definition) is 3. The highest BCUT2D eigenvalue weighted by Gasteiger charge is 2.23. The van der Waals surface area contributed by atoms with Gasteiger partial charge in [-0.2, -0.15) is 0 Å². The number of methoxy groups -OCH3 is 1. The normalized spacial score (nSPS) is 11.7. The molecule has 0 fully saturated rings. The molecule has 0 aromatic heterocycles. The van der Waals surface area contributed by atoms with E-state index in [2.05, 4.69) is 5.32 Å². The summed E-state index contributed by atoms with van der Waals surface area (Å²) in [6.45, 7) is 1.88. The van der Waals surface area contributed by atoms with E-state index in [0.717, 1.165) is 23.3 Å². The Morgan fingerprint density at radius 1 is 1.12 bits per heavy atom. The Balaban J connectivity index is 2.21. The minimum absolute atomic E-state index is 0.203. The van der Waals surface area contributed by atoms with Crippen molar-refractivity contribution >= 4 is 11.9 Å². The number of hydrogen-bond donors (Lipinski definition) is 1. The second kappa shape index (κ2) is 7.68. The summed E-state index contributed by atoms with van der Waals surface area (Å²) >= 11 is 0. The Kier molecular flexibility index (Phi) is 5.63. The van der Waals surface area contributed by atoms with Crippen LogP contribution in [0.15, 0.2) is 42.5 Å². The number of carbonyl (C=O) groups excluding carboxylic acids is 2. The third-order valence-electron chi connectivity index (χ3n) is 3.60. The number of amides is 1. The van der Waals surface area contributed by atoms with Crippen molar-refractivity contribution in [1.29, 1.82) is 0 Å². The smallest absolute Gasteiger partial charge is 0.328 e. The monoisotopic (exact) mass is 333 g/mol. The van der Waals surface area contributed by atoms with Gasteiger partial charge in [0.2, 0.25) is 0 Å². The van der Waals surface area contributed by atoms with Crippen LogP contribution in [-0.2, 0) is 16.0 Å². The Bertz CT molecular complexity index is 741. The third kappa shape index (κ3) is 4.38. The highest BCUT2D eigenvalue weighted by Crippen LogP contribution is 2.12. The first-order valence-corrected chi connectivity index (χ1v) is 7.30. The second-order valence-electron chi connectivity index (χ2n) is 5.34. The van der Waals surface area contributed by atoms with Crippen LogP contribution in [-0.4, -0.2) is 25.0 Å². The van der Waals surface area contributed by atoms with Crippen molar-refractivity contribution in [2.75, 3.05) is 7.11 Å². The molecule has 0 bridgehead atoms. The molecule has 2 rings (SSSR count). The van der Waals surface area contributed by atoms with E-state index < -0.39 is 29.6 Å². The molecule has 2 aromatic carbocycles. The zero-order chi connectivity index (χ0) is 17.7. The molecule has 0 aliphatic rings. The molecule has 6 heteroatoms. The number of aryl methyl sites for hydroxylation is 1. The molecule has 0 radical (unpaired) electrons. The molecule has 0 aliphatic heterocycles. The van der Waals surface area contributed by atoms with Gasteiger partial charge in [0, 0.05) is 18.1 Å². The summed E-state index contributed by atoms with van der Waals surface area (Å²) in [5.74, 6) is -3.12. The fourth-order valence-electron chi connectivity index (χ4n) is 2.32. The van der Waals surface area contributed by atoms with Crippen molar-refractivity contribution in [2.45, 2.75) is 19.4 Å². The van der Waals surface area contributed by atoms with Crippen LogP contribution < -0.4 is 5.32 Å². The lowest BCUT2D eigenvalue weighted by Crippen LogP contribution is -2.43. The van der Waals surface area contributed by atoms with Gasteiger partial charge in [-0.3, -0.25) is 4.79 Å². The molecule has 0 saturated heterocycles. The molecule has 2 aromatic rings. The van der Waals surface area contributed by atoms with Crippen LogP contribution in [0.5, 0.6) is 0 Å². The molecule has 1 amide bonds. The highest BCUT2D eigenvalue weighted by molar-refractivity contribution is 5.96. The Morgan fingerprint density at radius 2 is 1.75 bits per heavy atom. The van der Waals surface area contributed by atoms with Gasteiger partial charge in [-0.25, -0.2) is 13.6 Å². The molecule has 0 heterocycles. The van der Waals surface area contributed by atoms with Crippen LogP contribution in [0.2, 0.25) is 0 Å². The topological polar surface area (TPSA) is 55.4 Å². The SMILES string of the molecule is COC(=O)[C@H](Cc1ccccc1C)NC(=O)c1cc(F)cc(F)c1. The quantitative estimate of drug-likeness (QED) is 0.856. The third-order valence-corrected chi connectivity index (χ3v) is 3.60. The number of benzene rings is 2. The summed E-state index contributed by atoms with van der Waals surface area (Å²) in [6.07, 6.45) is 0.211. The first-order chi connectivity index (χ1) is 11.4. The van der Waals surface area contributed by atoms with Crippen molar-refractivity contribution in [3.05, 3.63) is 70.8 Å². The molecule has 0 saturated carbocycles. The molecule has 4 nitrogen and oxygen atoms in total. The molecule has 1 N–H and O–H groups in total. The van der Waals surface area contributed by atoms with E-state index in [-0.39, 0.29) is 12.0 Å². The van der Waals surface area contributed by atoms with Gasteiger partial charge in [-0.15, -0.1) is 0 Å². The minimum Gasteiger partial charge on any atom is -0.467 e. The number of nitrogens with one attached hydrogen (secondary N) is 1. The first-order valence-electron chi connectivity index (χ1n) is 7.30. The lowest BCUT2D eigenvalue weighted by Gasteiger charge is -2.18. The van der Waals surface area contributed by atoms with E-state index >= 15 is 0 Å². The zero-order valence-corrected chi connectivity index (χ0v) is 13.3. The van der Waals surface area contributed by atoms with Crippen molar-refractivity contribution in [3.63, 3.8) is 0 Å². The van der Waals surface area contributed by atoms with Crippen LogP contribution in [0, 0.1) is 18.6 Å². The van der Waals surface area contributed by atoms with Crippen molar-refractivity contribution in [1.82, 2.24) is 5.32 Å². The molecule has 126 valence electrons. The van der Waals surface area contributed by atoms with E-state index in [0.29, 0.717) is 6.07 Å². The first kappa shape index (κ1) is 17.6. The predicted octanol–water partition coefficient (Wildman–Crippen LogP) is 2.79. The lowest BCUT2D eigenvalue weighted by molar-refractivity contribution is -0.142. The highest BCUT2D eigenvalue weighted by atomic mass is 19.1. The maximum Gasteiger partial charge on any atom is 0.328 e. The van der Waals surface area contributed by atoms with Gasteiger partial charge in [-0.05, 0) is 30.2 Å². The average molecular weight is 333 g/mol. The summed E-state index contributed by atoms with van der Waals surface area (Å²) < 4.78 is 31.2. The predicted molar refractivity (Wildman–Crippen MR) is 84.5 cm³/mol. The van der Waals surface area contributed by atoms with Gasteiger partial charge in [0.25, 0.3) is 5.91 Å². The maximum absolute atomic E-state index is 13.2. The number of carbonyl (C=O) groups is 2. The number of esters is 1. The average Bonchev–Trinajstić information content (AvgIpc) is 2.54. The fraction of sp³-hybridized carbons (Fsp3) is 0.222. The van der Waals surface area contributed by atoms with Crippen LogP contribution in [0.4, 0.5) is 8.78 Å². The van der Waals surface area contributed by atoms with Gasteiger partial charge in [-0.1, -0.05) is 24.3 Å². The second-order valence-corrected chi connectivity index (χ2v) is 5.34. The summed E-state index contributed by atoms with van der Waals surface area (Å²) in [6, 6.07) is 8.91. The number of halogens is 2. The van der Waals surface area contributed by atoms with Gasteiger partial charge in [0.05, 0.1) is 7.11 Å². The van der Waals surface area contributed by atoms with E-state index in [9.17, 15) is 18.4 Å². The van der Waals surface area contributed by atoms with Crippen LogP contribution >= 0.6 is 0 Å². The van der Waals surface area contributed by atoms with E-state index in [1.807, 2.05) is 31.2 Å². The molecular formula is C18H17F2NO3. The molecule has 1 atom stereocenters. The maximum atomic E-state index is 13.2. The van der Waals surface area contributed by atoms with Crippen molar-refractivity contribution in [2.24, 2.45) is 0 Å². The summed E-state index contributed by atoms with van der Waals surface area (Å²) in [5.41, 5.74) is 1.61. The molecule has 24 heavy (non-hydrogen) atoms. The van der Waals surface area contributed by atoms with E-state index in [1.165, 1.54) is 7.11 Å². The summed E-state index contributed by atoms with van der Waals surface area (Å²) in [5, 5.41) is 2.47. The zero-order valence-electron chi connectivity index (χ0n) is 13.3. The van der Waals surface area contributed by atoms with Gasteiger partial charge in [0.15, 0.2) is 0 Å². The van der Waals surface area contributed by atoms with Crippen LogP contribution in [0.25, 0.3) is 0 Å². The largest absolute Gasteiger partial charge is 0.467 e. The Labute approximate surface area is 138 Å². The Morgan fingerprint density at radius 3 is 2.33 bits per heavy atom. The molecule has 0 spiro atoms. The standard InChI is InChI=1S/C18H17F2NO3/c1-11-5-3-4-6-12(11)9-16(18(23)24-2)21-17(22)13-7-14(19)10-15(20)8-13/h3-8,10,16H,9H2,1-2H3,(H,21,22)/t16-/m0/s1.